The van der Waals surface area contributed by atoms with Gasteiger partial charge < -0.3 is 15.0 Å². The average molecular weight is 255 g/mol. The Hall–Kier alpha value is -1.63. The number of methoxy groups -OCH3 is 1. The van der Waals surface area contributed by atoms with Crippen molar-refractivity contribution in [3.05, 3.63) is 11.1 Å². The van der Waals surface area contributed by atoms with Crippen molar-refractivity contribution in [2.75, 3.05) is 31.6 Å². The number of amides is 1. The molecule has 17 heavy (non-hydrogen) atoms. The molecule has 1 N–H and O–H groups in total. The topological polar surface area (TPSA) is 71.5 Å². The fourth-order valence-corrected chi connectivity index (χ4v) is 2.43. The fourth-order valence-electron chi connectivity index (χ4n) is 1.58. The van der Waals surface area contributed by atoms with E-state index < -0.39 is 5.97 Å². The van der Waals surface area contributed by atoms with Crippen LogP contribution in [0.25, 0.3) is 0 Å². The van der Waals surface area contributed by atoms with E-state index in [0.29, 0.717) is 16.6 Å². The van der Waals surface area contributed by atoms with Gasteiger partial charge in [0.1, 0.15) is 4.88 Å². The molecule has 1 aliphatic rings. The van der Waals surface area contributed by atoms with Crippen LogP contribution in [0.2, 0.25) is 0 Å². The highest BCUT2D eigenvalue weighted by atomic mass is 32.1. The number of anilines is 1. The van der Waals surface area contributed by atoms with E-state index >= 15 is 0 Å². The lowest BCUT2D eigenvalue weighted by molar-refractivity contribution is -0.119. The first-order chi connectivity index (χ1) is 8.20. The molecule has 0 aromatic carbocycles. The Bertz CT molecular complexity index is 432. The Morgan fingerprint density at radius 3 is 3.24 bits per heavy atom. The summed E-state index contributed by atoms with van der Waals surface area (Å²) in [5.74, 6) is -0.412. The number of carbonyl (C=O) groups is 2. The maximum atomic E-state index is 11.4. The van der Waals surface area contributed by atoms with Crippen molar-refractivity contribution in [3.8, 4) is 0 Å². The third-order valence-corrected chi connectivity index (χ3v) is 3.45. The van der Waals surface area contributed by atoms with Crippen LogP contribution in [0.3, 0.4) is 0 Å². The Morgan fingerprint density at radius 2 is 2.47 bits per heavy atom. The smallest absolute Gasteiger partial charge is 0.349 e. The lowest BCUT2D eigenvalue weighted by Crippen LogP contribution is -2.32. The van der Waals surface area contributed by atoms with Gasteiger partial charge in [0, 0.05) is 13.1 Å². The minimum Gasteiger partial charge on any atom is -0.465 e. The first kappa shape index (κ1) is 11.8. The molecule has 1 aromatic heterocycles. The Labute approximate surface area is 103 Å². The largest absolute Gasteiger partial charge is 0.465 e. The van der Waals surface area contributed by atoms with Gasteiger partial charge in [-0.25, -0.2) is 9.78 Å². The van der Waals surface area contributed by atoms with Gasteiger partial charge in [0.15, 0.2) is 5.13 Å². The van der Waals surface area contributed by atoms with Crippen LogP contribution < -0.4 is 10.2 Å². The maximum absolute atomic E-state index is 11.4. The van der Waals surface area contributed by atoms with Gasteiger partial charge in [-0.3, -0.25) is 4.79 Å². The third kappa shape index (κ3) is 2.73. The minimum atomic E-state index is -0.395. The monoisotopic (exact) mass is 255 g/mol. The maximum Gasteiger partial charge on any atom is 0.349 e. The Balaban J connectivity index is 2.13. The van der Waals surface area contributed by atoms with Gasteiger partial charge in [0.25, 0.3) is 0 Å². The molecule has 1 fully saturated rings. The zero-order valence-corrected chi connectivity index (χ0v) is 10.2. The van der Waals surface area contributed by atoms with E-state index in [0.717, 1.165) is 13.0 Å². The molecular formula is C10H13N3O3S. The number of ether oxygens (including phenoxy) is 1. The van der Waals surface area contributed by atoms with Crippen molar-refractivity contribution in [1.29, 1.82) is 0 Å². The second-order valence-corrected chi connectivity index (χ2v) is 4.63. The highest BCUT2D eigenvalue weighted by Gasteiger charge is 2.19. The van der Waals surface area contributed by atoms with Crippen LogP contribution in [0.4, 0.5) is 5.13 Å². The van der Waals surface area contributed by atoms with Crippen molar-refractivity contribution in [2.45, 2.75) is 6.42 Å². The number of hydrogen-bond donors (Lipinski definition) is 1. The molecule has 92 valence electrons. The number of thiazole rings is 1. The van der Waals surface area contributed by atoms with Crippen molar-refractivity contribution >= 4 is 28.3 Å². The number of aromatic nitrogens is 1. The summed E-state index contributed by atoms with van der Waals surface area (Å²) in [5, 5.41) is 3.47. The number of rotatable bonds is 2. The van der Waals surface area contributed by atoms with E-state index in [2.05, 4.69) is 15.0 Å². The minimum absolute atomic E-state index is 0.0164. The molecule has 2 rings (SSSR count). The van der Waals surface area contributed by atoms with Crippen molar-refractivity contribution in [1.82, 2.24) is 10.3 Å². The van der Waals surface area contributed by atoms with Crippen LogP contribution in [0, 0.1) is 0 Å². The number of hydrogen-bond acceptors (Lipinski definition) is 6. The molecule has 0 unspecified atom stereocenters. The summed E-state index contributed by atoms with van der Waals surface area (Å²) < 4.78 is 4.62. The van der Waals surface area contributed by atoms with Crippen LogP contribution >= 0.6 is 11.3 Å². The number of nitrogens with zero attached hydrogens (tertiary/aromatic N) is 2. The van der Waals surface area contributed by atoms with Crippen LogP contribution in [0.15, 0.2) is 6.20 Å². The summed E-state index contributed by atoms with van der Waals surface area (Å²) >= 11 is 1.24. The summed E-state index contributed by atoms with van der Waals surface area (Å²) in [5.41, 5.74) is 0. The SMILES string of the molecule is COC(=O)c1cnc(N2CCCNC(=O)C2)s1. The van der Waals surface area contributed by atoms with Gasteiger partial charge >= 0.3 is 5.97 Å². The molecule has 1 amide bonds. The molecule has 0 saturated carbocycles. The predicted octanol–water partition coefficient (Wildman–Crippen LogP) is 0.256. The van der Waals surface area contributed by atoms with Gasteiger partial charge in [0.2, 0.25) is 5.91 Å². The van der Waals surface area contributed by atoms with Gasteiger partial charge in [-0.05, 0) is 6.42 Å². The molecule has 0 radical (unpaired) electrons. The van der Waals surface area contributed by atoms with Crippen LogP contribution in [0.1, 0.15) is 16.1 Å². The van der Waals surface area contributed by atoms with Crippen LogP contribution in [-0.4, -0.2) is 43.6 Å². The van der Waals surface area contributed by atoms with Gasteiger partial charge in [-0.2, -0.15) is 0 Å². The van der Waals surface area contributed by atoms with E-state index in [1.165, 1.54) is 24.6 Å². The first-order valence-electron chi connectivity index (χ1n) is 5.26. The molecule has 2 heterocycles. The summed E-state index contributed by atoms with van der Waals surface area (Å²) in [7, 11) is 1.33. The third-order valence-electron chi connectivity index (χ3n) is 2.41. The number of esters is 1. The second-order valence-electron chi connectivity index (χ2n) is 3.62. The summed E-state index contributed by atoms with van der Waals surface area (Å²) in [6.07, 6.45) is 2.35. The van der Waals surface area contributed by atoms with E-state index in [4.69, 9.17) is 0 Å². The lowest BCUT2D eigenvalue weighted by atomic mass is 10.4. The molecule has 0 spiro atoms. The highest BCUT2D eigenvalue weighted by Crippen LogP contribution is 2.23. The Kier molecular flexibility index (Phi) is 3.58. The van der Waals surface area contributed by atoms with Gasteiger partial charge in [-0.1, -0.05) is 11.3 Å². The summed E-state index contributed by atoms with van der Waals surface area (Å²) in [4.78, 5) is 29.2. The van der Waals surface area contributed by atoms with Crippen molar-refractivity contribution < 1.29 is 14.3 Å². The predicted molar refractivity (Wildman–Crippen MR) is 63.3 cm³/mol. The molecule has 0 bridgehead atoms. The molecule has 7 heteroatoms. The van der Waals surface area contributed by atoms with E-state index in [9.17, 15) is 9.59 Å². The summed E-state index contributed by atoms with van der Waals surface area (Å²) in [6, 6.07) is 0. The molecule has 0 aliphatic carbocycles. The molecule has 1 aromatic rings. The first-order valence-corrected chi connectivity index (χ1v) is 6.08. The van der Waals surface area contributed by atoms with Crippen LogP contribution in [-0.2, 0) is 9.53 Å². The zero-order valence-electron chi connectivity index (χ0n) is 9.43. The Morgan fingerprint density at radius 1 is 1.65 bits per heavy atom. The zero-order chi connectivity index (χ0) is 12.3. The standard InChI is InChI=1S/C10H13N3O3S/c1-16-9(15)7-5-12-10(17-7)13-4-2-3-11-8(14)6-13/h5H,2-4,6H2,1H3,(H,11,14). The van der Waals surface area contributed by atoms with Gasteiger partial charge in [-0.15, -0.1) is 0 Å². The van der Waals surface area contributed by atoms with Crippen LogP contribution in [0.5, 0.6) is 0 Å². The van der Waals surface area contributed by atoms with E-state index in [1.54, 1.807) is 0 Å². The average Bonchev–Trinajstić information content (AvgIpc) is 2.72. The fraction of sp³-hybridized carbons (Fsp3) is 0.500. The molecule has 0 atom stereocenters. The van der Waals surface area contributed by atoms with Crippen molar-refractivity contribution in [3.63, 3.8) is 0 Å². The van der Waals surface area contributed by atoms with Crippen molar-refractivity contribution in [2.24, 2.45) is 0 Å². The number of nitrogens with one attached hydrogen (secondary N) is 1. The molecular weight excluding hydrogens is 242 g/mol. The lowest BCUT2D eigenvalue weighted by Gasteiger charge is -2.16. The molecule has 1 aliphatic heterocycles. The van der Waals surface area contributed by atoms with Gasteiger partial charge in [0.05, 0.1) is 19.9 Å². The highest BCUT2D eigenvalue weighted by molar-refractivity contribution is 7.17. The molecule has 1 saturated heterocycles. The second kappa shape index (κ2) is 5.13. The quantitative estimate of drug-likeness (QED) is 0.767. The normalized spacial score (nSPS) is 16.3. The summed E-state index contributed by atoms with van der Waals surface area (Å²) in [6.45, 7) is 1.73. The molecule has 6 nitrogen and oxygen atoms in total. The number of carbonyl (C=O) groups excluding carboxylic acids is 2. The van der Waals surface area contributed by atoms with E-state index in [-0.39, 0.29) is 12.5 Å². The van der Waals surface area contributed by atoms with E-state index in [1.807, 2.05) is 4.90 Å².